The van der Waals surface area contributed by atoms with E-state index in [4.69, 9.17) is 9.15 Å². The smallest absolute Gasteiger partial charge is 0.410 e. The van der Waals surface area contributed by atoms with Crippen LogP contribution in [0.15, 0.2) is 47.3 Å². The minimum absolute atomic E-state index is 0.127. The summed E-state index contributed by atoms with van der Waals surface area (Å²) < 4.78 is 10.4. The summed E-state index contributed by atoms with van der Waals surface area (Å²) in [6.45, 7) is 2.86. The van der Waals surface area contributed by atoms with Crippen LogP contribution in [0, 0.1) is 0 Å². The van der Waals surface area contributed by atoms with Gasteiger partial charge >= 0.3 is 6.09 Å². The maximum atomic E-state index is 12.2. The SMILES string of the molecule is CCOC(=O)N1CCc2ccccc2C1c1ccoc1. The van der Waals surface area contributed by atoms with Crippen LogP contribution in [0.1, 0.15) is 29.7 Å². The van der Waals surface area contributed by atoms with Crippen LogP contribution in [0.2, 0.25) is 0 Å². The summed E-state index contributed by atoms with van der Waals surface area (Å²) in [5.74, 6) is 0. The average molecular weight is 271 g/mol. The summed E-state index contributed by atoms with van der Waals surface area (Å²) in [5.41, 5.74) is 3.40. The van der Waals surface area contributed by atoms with Crippen molar-refractivity contribution in [2.24, 2.45) is 0 Å². The molecule has 0 aliphatic carbocycles. The van der Waals surface area contributed by atoms with Crippen molar-refractivity contribution in [3.63, 3.8) is 0 Å². The molecule has 3 rings (SSSR count). The Morgan fingerprint density at radius 3 is 3.00 bits per heavy atom. The molecule has 0 N–H and O–H groups in total. The quantitative estimate of drug-likeness (QED) is 0.841. The highest BCUT2D eigenvalue weighted by molar-refractivity contribution is 5.70. The average Bonchev–Trinajstić information content (AvgIpc) is 3.00. The molecule has 4 heteroatoms. The summed E-state index contributed by atoms with van der Waals surface area (Å²) in [6.07, 6.45) is 3.91. The zero-order chi connectivity index (χ0) is 13.9. The Hall–Kier alpha value is -2.23. The van der Waals surface area contributed by atoms with Gasteiger partial charge in [-0.1, -0.05) is 24.3 Å². The predicted molar refractivity (Wildman–Crippen MR) is 74.4 cm³/mol. The topological polar surface area (TPSA) is 42.7 Å². The lowest BCUT2D eigenvalue weighted by molar-refractivity contribution is 0.0937. The van der Waals surface area contributed by atoms with Crippen LogP contribution in [0.4, 0.5) is 4.79 Å². The molecule has 0 fully saturated rings. The number of ether oxygens (including phenoxy) is 1. The Morgan fingerprint density at radius 2 is 2.25 bits per heavy atom. The Bertz CT molecular complexity index is 592. The fraction of sp³-hybridized carbons (Fsp3) is 0.312. The van der Waals surface area contributed by atoms with Crippen molar-refractivity contribution in [1.29, 1.82) is 0 Å². The van der Waals surface area contributed by atoms with E-state index < -0.39 is 0 Å². The van der Waals surface area contributed by atoms with Crippen molar-refractivity contribution < 1.29 is 13.9 Å². The summed E-state index contributed by atoms with van der Waals surface area (Å²) in [5, 5.41) is 0. The van der Waals surface area contributed by atoms with Crippen LogP contribution in [0.5, 0.6) is 0 Å². The molecule has 2 aromatic rings. The lowest BCUT2D eigenvalue weighted by Crippen LogP contribution is -2.40. The largest absolute Gasteiger partial charge is 0.472 e. The summed E-state index contributed by atoms with van der Waals surface area (Å²) in [6, 6.07) is 9.99. The van der Waals surface area contributed by atoms with Gasteiger partial charge in [0.1, 0.15) is 0 Å². The fourth-order valence-electron chi connectivity index (χ4n) is 2.76. The molecule has 1 aromatic heterocycles. The number of carbonyl (C=O) groups is 1. The second-order valence-corrected chi connectivity index (χ2v) is 4.80. The molecule has 0 spiro atoms. The molecule has 0 saturated heterocycles. The Morgan fingerprint density at radius 1 is 1.40 bits per heavy atom. The molecule has 1 aromatic carbocycles. The third-order valence-corrected chi connectivity index (χ3v) is 3.64. The molecule has 0 saturated carbocycles. The van der Waals surface area contributed by atoms with E-state index in [0.717, 1.165) is 17.5 Å². The van der Waals surface area contributed by atoms with Crippen LogP contribution >= 0.6 is 0 Å². The third kappa shape index (κ3) is 2.18. The lowest BCUT2D eigenvalue weighted by Gasteiger charge is -2.36. The molecular formula is C16H17NO3. The van der Waals surface area contributed by atoms with Crippen LogP contribution < -0.4 is 0 Å². The summed E-state index contributed by atoms with van der Waals surface area (Å²) in [7, 11) is 0. The van der Waals surface area contributed by atoms with Crippen molar-refractivity contribution in [3.8, 4) is 0 Å². The Kier molecular flexibility index (Phi) is 3.46. The first-order valence-corrected chi connectivity index (χ1v) is 6.84. The van der Waals surface area contributed by atoms with Gasteiger partial charge in [0.25, 0.3) is 0 Å². The number of hydrogen-bond donors (Lipinski definition) is 0. The van der Waals surface area contributed by atoms with Gasteiger partial charge in [-0.05, 0) is 30.5 Å². The van der Waals surface area contributed by atoms with Gasteiger partial charge in [0.05, 0.1) is 25.2 Å². The molecule has 1 atom stereocenters. The van der Waals surface area contributed by atoms with E-state index in [1.54, 1.807) is 17.4 Å². The molecule has 0 radical (unpaired) electrons. The highest BCUT2D eigenvalue weighted by atomic mass is 16.6. The Balaban J connectivity index is 2.03. The summed E-state index contributed by atoms with van der Waals surface area (Å²) >= 11 is 0. The molecule has 1 aliphatic heterocycles. The van der Waals surface area contributed by atoms with Gasteiger partial charge in [-0.15, -0.1) is 0 Å². The molecule has 1 unspecified atom stereocenters. The monoisotopic (exact) mass is 271 g/mol. The van der Waals surface area contributed by atoms with Crippen molar-refractivity contribution in [2.45, 2.75) is 19.4 Å². The standard InChI is InChI=1S/C16H17NO3/c1-2-20-16(18)17-9-7-12-5-3-4-6-14(12)15(17)13-8-10-19-11-13/h3-6,8,10-11,15H,2,7,9H2,1H3. The predicted octanol–water partition coefficient (Wildman–Crippen LogP) is 3.38. The zero-order valence-electron chi connectivity index (χ0n) is 11.4. The van der Waals surface area contributed by atoms with Crippen molar-refractivity contribution in [1.82, 2.24) is 4.90 Å². The van der Waals surface area contributed by atoms with E-state index in [-0.39, 0.29) is 12.1 Å². The number of furan rings is 1. The minimum Gasteiger partial charge on any atom is -0.472 e. The number of carbonyl (C=O) groups excluding carboxylic acids is 1. The number of nitrogens with zero attached hydrogens (tertiary/aromatic N) is 1. The summed E-state index contributed by atoms with van der Waals surface area (Å²) in [4.78, 5) is 14.0. The molecule has 4 nitrogen and oxygen atoms in total. The number of amides is 1. The molecule has 20 heavy (non-hydrogen) atoms. The van der Waals surface area contributed by atoms with Crippen LogP contribution in [-0.4, -0.2) is 24.1 Å². The van der Waals surface area contributed by atoms with Crippen LogP contribution in [-0.2, 0) is 11.2 Å². The van der Waals surface area contributed by atoms with Crippen molar-refractivity contribution in [3.05, 3.63) is 59.5 Å². The van der Waals surface area contributed by atoms with E-state index in [1.807, 2.05) is 25.1 Å². The van der Waals surface area contributed by atoms with Crippen LogP contribution in [0.25, 0.3) is 0 Å². The number of rotatable bonds is 2. The number of benzene rings is 1. The molecule has 104 valence electrons. The molecule has 1 aliphatic rings. The highest BCUT2D eigenvalue weighted by Crippen LogP contribution is 2.35. The second kappa shape index (κ2) is 5.41. The van der Waals surface area contributed by atoms with Gasteiger partial charge in [0.15, 0.2) is 0 Å². The van der Waals surface area contributed by atoms with E-state index in [2.05, 4.69) is 12.1 Å². The first-order chi connectivity index (χ1) is 9.81. The first-order valence-electron chi connectivity index (χ1n) is 6.84. The van der Waals surface area contributed by atoms with Gasteiger partial charge in [-0.3, -0.25) is 4.90 Å². The van der Waals surface area contributed by atoms with E-state index >= 15 is 0 Å². The van der Waals surface area contributed by atoms with Gasteiger partial charge < -0.3 is 9.15 Å². The zero-order valence-corrected chi connectivity index (χ0v) is 11.4. The van der Waals surface area contributed by atoms with Gasteiger partial charge in [0, 0.05) is 12.1 Å². The van der Waals surface area contributed by atoms with Crippen molar-refractivity contribution >= 4 is 6.09 Å². The number of hydrogen-bond acceptors (Lipinski definition) is 3. The lowest BCUT2D eigenvalue weighted by atomic mass is 9.90. The van der Waals surface area contributed by atoms with Gasteiger partial charge in [-0.25, -0.2) is 4.79 Å². The molecular weight excluding hydrogens is 254 g/mol. The minimum atomic E-state index is -0.270. The van der Waals surface area contributed by atoms with E-state index in [1.165, 1.54) is 5.56 Å². The molecule has 0 bridgehead atoms. The van der Waals surface area contributed by atoms with E-state index in [0.29, 0.717) is 13.2 Å². The van der Waals surface area contributed by atoms with Gasteiger partial charge in [0.2, 0.25) is 0 Å². The van der Waals surface area contributed by atoms with Crippen LogP contribution in [0.3, 0.4) is 0 Å². The molecule has 2 heterocycles. The van der Waals surface area contributed by atoms with E-state index in [9.17, 15) is 4.79 Å². The highest BCUT2D eigenvalue weighted by Gasteiger charge is 2.33. The normalized spacial score (nSPS) is 17.6. The first kappa shape index (κ1) is 12.8. The fourth-order valence-corrected chi connectivity index (χ4v) is 2.76. The number of fused-ring (bicyclic) bond motifs is 1. The second-order valence-electron chi connectivity index (χ2n) is 4.80. The van der Waals surface area contributed by atoms with Gasteiger partial charge in [-0.2, -0.15) is 0 Å². The molecule has 1 amide bonds. The maximum Gasteiger partial charge on any atom is 0.410 e. The maximum absolute atomic E-state index is 12.2. The van der Waals surface area contributed by atoms with Crippen molar-refractivity contribution in [2.75, 3.05) is 13.2 Å². The Labute approximate surface area is 118 Å². The third-order valence-electron chi connectivity index (χ3n) is 3.64.